The summed E-state index contributed by atoms with van der Waals surface area (Å²) in [6.45, 7) is 0. The van der Waals surface area contributed by atoms with Crippen LogP contribution in [0, 0.1) is 11.3 Å². The summed E-state index contributed by atoms with van der Waals surface area (Å²) in [7, 11) is 0. The van der Waals surface area contributed by atoms with Gasteiger partial charge in [0.15, 0.2) is 23.1 Å². The molecule has 0 atom stereocenters. The SMILES string of the molecule is N#Cc1cc(-n2c3ccccc3c3c4c(c5ccccc5n4-c4ccccc4)c4c(c5ccccc5n4-c4ccccc4)c32)c2oc3ccccc3c2c1-c1nc(-c2ccccc2)nc(-c2ccccc2)n1. The highest BCUT2D eigenvalue weighted by Gasteiger charge is 2.31. The number of furan rings is 1. The van der Waals surface area contributed by atoms with Crippen LogP contribution >= 0.6 is 0 Å². The number of rotatable bonds is 6. The molecule has 5 aromatic heterocycles. The minimum atomic E-state index is 0.381. The molecule has 15 aromatic rings. The minimum Gasteiger partial charge on any atom is -0.454 e. The van der Waals surface area contributed by atoms with Gasteiger partial charge in [-0.1, -0.05) is 170 Å². The molecule has 0 saturated carbocycles. The largest absolute Gasteiger partial charge is 0.454 e. The van der Waals surface area contributed by atoms with Crippen molar-refractivity contribution in [1.82, 2.24) is 28.7 Å². The van der Waals surface area contributed by atoms with Gasteiger partial charge in [-0.3, -0.25) is 0 Å². The van der Waals surface area contributed by atoms with Gasteiger partial charge in [-0.25, -0.2) is 15.0 Å². The molecule has 0 fully saturated rings. The lowest BCUT2D eigenvalue weighted by Gasteiger charge is -2.15. The maximum Gasteiger partial charge on any atom is 0.166 e. The van der Waals surface area contributed by atoms with Crippen molar-refractivity contribution in [3.63, 3.8) is 0 Å². The average Bonchev–Trinajstić information content (AvgIpc) is 4.21. The van der Waals surface area contributed by atoms with Crippen LogP contribution in [0.25, 0.3) is 139 Å². The first-order chi connectivity index (χ1) is 35.7. The molecule has 10 aromatic carbocycles. The zero-order chi connectivity index (χ0) is 47.4. The molecule has 0 N–H and O–H groups in total. The first kappa shape index (κ1) is 39.9. The maximum absolute atomic E-state index is 11.6. The Morgan fingerprint density at radius 2 is 0.764 bits per heavy atom. The lowest BCUT2D eigenvalue weighted by atomic mass is 9.98. The van der Waals surface area contributed by atoms with E-state index in [2.05, 4.69) is 159 Å². The molecule has 0 spiro atoms. The highest BCUT2D eigenvalue weighted by Crippen LogP contribution is 2.52. The summed E-state index contributed by atoms with van der Waals surface area (Å²) in [4.78, 5) is 15.4. The Balaban J connectivity index is 1.17. The summed E-state index contributed by atoms with van der Waals surface area (Å²) in [5.74, 6) is 1.39. The van der Waals surface area contributed by atoms with Crippen molar-refractivity contribution in [2.75, 3.05) is 0 Å². The number of aromatic nitrogens is 6. The Morgan fingerprint density at radius 1 is 0.375 bits per heavy atom. The van der Waals surface area contributed by atoms with Gasteiger partial charge < -0.3 is 18.1 Å². The van der Waals surface area contributed by atoms with Crippen molar-refractivity contribution >= 4 is 87.4 Å². The Kier molecular flexibility index (Phi) is 8.55. The van der Waals surface area contributed by atoms with Crippen LogP contribution in [0.5, 0.6) is 0 Å². The first-order valence-corrected chi connectivity index (χ1v) is 24.0. The second kappa shape index (κ2) is 15.5. The van der Waals surface area contributed by atoms with Crippen LogP contribution in [0.1, 0.15) is 5.56 Å². The molecule has 5 heterocycles. The van der Waals surface area contributed by atoms with E-state index in [4.69, 9.17) is 19.4 Å². The van der Waals surface area contributed by atoms with E-state index in [9.17, 15) is 5.26 Å². The van der Waals surface area contributed by atoms with Gasteiger partial charge in [0.05, 0.1) is 50.4 Å². The van der Waals surface area contributed by atoms with E-state index >= 15 is 0 Å². The molecule has 15 rings (SSSR count). The molecule has 334 valence electrons. The standard InChI is InChI=1S/C64H37N7O/c65-38-41-37-51(61-54(47-32-16-20-36-52(47)72-61)53(41)64-67-62(39-21-5-1-6-22-39)66-63(68-64)40-23-7-2-8-24-40)71-50-35-19-15-31-46(50)57-59-55(44-29-13-17-33-48(44)69(59)42-25-9-3-10-26-42)58-56(60(57)71)45-30-14-18-34-49(45)70(58)43-27-11-4-12-28-43/h1-37H. The molecule has 0 saturated heterocycles. The molecule has 72 heavy (non-hydrogen) atoms. The van der Waals surface area contributed by atoms with E-state index in [1.807, 2.05) is 84.9 Å². The van der Waals surface area contributed by atoms with Crippen LogP contribution in [0.3, 0.4) is 0 Å². The molecule has 8 heteroatoms. The van der Waals surface area contributed by atoms with Gasteiger partial charge in [-0.2, -0.15) is 5.26 Å². The predicted molar refractivity (Wildman–Crippen MR) is 291 cm³/mol. The van der Waals surface area contributed by atoms with Gasteiger partial charge in [0.2, 0.25) is 0 Å². The molecule has 0 bridgehead atoms. The fourth-order valence-electron chi connectivity index (χ4n) is 11.4. The van der Waals surface area contributed by atoms with Crippen molar-refractivity contribution in [3.8, 4) is 57.3 Å². The minimum absolute atomic E-state index is 0.381. The van der Waals surface area contributed by atoms with E-state index < -0.39 is 0 Å². The second-order valence-electron chi connectivity index (χ2n) is 18.2. The van der Waals surface area contributed by atoms with Gasteiger partial charge in [0, 0.05) is 71.2 Å². The number of hydrogen-bond donors (Lipinski definition) is 0. The quantitative estimate of drug-likeness (QED) is 0.166. The molecule has 0 radical (unpaired) electrons. The molecule has 0 aliphatic carbocycles. The Morgan fingerprint density at radius 3 is 1.25 bits per heavy atom. The Labute approximate surface area is 411 Å². The van der Waals surface area contributed by atoms with Crippen molar-refractivity contribution in [2.24, 2.45) is 0 Å². The Hall–Kier alpha value is -10.1. The van der Waals surface area contributed by atoms with Crippen molar-refractivity contribution in [1.29, 1.82) is 5.26 Å². The van der Waals surface area contributed by atoms with E-state index in [1.165, 1.54) is 0 Å². The summed E-state index contributed by atoms with van der Waals surface area (Å²) < 4.78 is 14.4. The average molecular weight is 920 g/mol. The van der Waals surface area contributed by atoms with Crippen molar-refractivity contribution in [2.45, 2.75) is 0 Å². The van der Waals surface area contributed by atoms with Crippen LogP contribution < -0.4 is 0 Å². The zero-order valence-corrected chi connectivity index (χ0v) is 38.4. The summed E-state index contributed by atoms with van der Waals surface area (Å²) in [5, 5.41) is 19.9. The smallest absolute Gasteiger partial charge is 0.166 e. The van der Waals surface area contributed by atoms with Crippen molar-refractivity contribution < 1.29 is 4.42 Å². The van der Waals surface area contributed by atoms with E-state index in [0.29, 0.717) is 39.8 Å². The van der Waals surface area contributed by atoms with Crippen LogP contribution in [0.4, 0.5) is 0 Å². The van der Waals surface area contributed by atoms with Gasteiger partial charge in [0.1, 0.15) is 5.58 Å². The van der Waals surface area contributed by atoms with Gasteiger partial charge in [0.25, 0.3) is 0 Å². The molecular formula is C64H37N7O. The van der Waals surface area contributed by atoms with E-state index in [1.54, 1.807) is 0 Å². The zero-order valence-electron chi connectivity index (χ0n) is 38.4. The summed E-state index contributed by atoms with van der Waals surface area (Å²) in [6, 6.07) is 80.1. The number of fused-ring (bicyclic) bond motifs is 15. The molecule has 0 amide bonds. The number of hydrogen-bond acceptors (Lipinski definition) is 5. The third-order valence-corrected chi connectivity index (χ3v) is 14.3. The lowest BCUT2D eigenvalue weighted by Crippen LogP contribution is -2.03. The number of nitrogens with zero attached hydrogens (tertiary/aromatic N) is 7. The van der Waals surface area contributed by atoms with Gasteiger partial charge >= 0.3 is 0 Å². The van der Waals surface area contributed by atoms with Gasteiger partial charge in [-0.05, 0) is 54.6 Å². The van der Waals surface area contributed by atoms with Crippen LogP contribution in [0.15, 0.2) is 229 Å². The van der Waals surface area contributed by atoms with Crippen LogP contribution in [-0.4, -0.2) is 28.7 Å². The van der Waals surface area contributed by atoms with E-state index in [0.717, 1.165) is 104 Å². The number of benzene rings is 10. The molecular weight excluding hydrogens is 883 g/mol. The third-order valence-electron chi connectivity index (χ3n) is 14.3. The van der Waals surface area contributed by atoms with E-state index in [-0.39, 0.29) is 0 Å². The highest BCUT2D eigenvalue weighted by molar-refractivity contribution is 6.40. The van der Waals surface area contributed by atoms with Gasteiger partial charge in [-0.15, -0.1) is 0 Å². The van der Waals surface area contributed by atoms with Crippen molar-refractivity contribution in [3.05, 3.63) is 230 Å². The summed E-state index contributed by atoms with van der Waals surface area (Å²) in [5.41, 5.74) is 13.1. The monoisotopic (exact) mass is 919 g/mol. The number of nitriles is 1. The molecule has 8 nitrogen and oxygen atoms in total. The maximum atomic E-state index is 11.6. The second-order valence-corrected chi connectivity index (χ2v) is 18.2. The normalized spacial score (nSPS) is 11.9. The summed E-state index contributed by atoms with van der Waals surface area (Å²) in [6.07, 6.45) is 0. The first-order valence-electron chi connectivity index (χ1n) is 24.0. The lowest BCUT2D eigenvalue weighted by molar-refractivity contribution is 0.666. The third kappa shape index (κ3) is 5.64. The van der Waals surface area contributed by atoms with Crippen LogP contribution in [0.2, 0.25) is 0 Å². The van der Waals surface area contributed by atoms with Crippen LogP contribution in [-0.2, 0) is 0 Å². The Bertz CT molecular complexity index is 4610. The molecule has 0 unspecified atom stereocenters. The fraction of sp³-hybridized carbons (Fsp3) is 0. The molecule has 0 aliphatic heterocycles. The predicted octanol–water partition coefficient (Wildman–Crippen LogP) is 15.9. The topological polar surface area (TPSA) is 90.4 Å². The molecule has 0 aliphatic rings. The number of para-hydroxylation sites is 6. The highest BCUT2D eigenvalue weighted by atomic mass is 16.3. The fourth-order valence-corrected chi connectivity index (χ4v) is 11.4. The summed E-state index contributed by atoms with van der Waals surface area (Å²) >= 11 is 0.